The second-order valence-electron chi connectivity index (χ2n) is 5.67. The number of rotatable bonds is 4. The van der Waals surface area contributed by atoms with Gasteiger partial charge in [-0.05, 0) is 44.4 Å². The lowest BCUT2D eigenvalue weighted by Crippen LogP contribution is -2.47. The van der Waals surface area contributed by atoms with Gasteiger partial charge in [0.15, 0.2) is 0 Å². The standard InChI is InChI=1S/C14H23NO4/c16-13(17)12(10-6-2-1-3-7-10)15-14(18)19-11-8-4-5-9-11/h10-12H,1-9H2,(H,15,18)(H,16,17). The molecular weight excluding hydrogens is 246 g/mol. The summed E-state index contributed by atoms with van der Waals surface area (Å²) in [5, 5.41) is 11.8. The molecule has 108 valence electrons. The molecule has 1 unspecified atom stereocenters. The first-order valence-electron chi connectivity index (χ1n) is 7.37. The molecule has 2 fully saturated rings. The van der Waals surface area contributed by atoms with Crippen molar-refractivity contribution in [1.82, 2.24) is 5.32 Å². The van der Waals surface area contributed by atoms with Crippen LogP contribution in [0.1, 0.15) is 57.8 Å². The minimum absolute atomic E-state index is 0.0270. The maximum absolute atomic E-state index is 11.8. The molecular formula is C14H23NO4. The Morgan fingerprint density at radius 2 is 1.58 bits per heavy atom. The van der Waals surface area contributed by atoms with Gasteiger partial charge < -0.3 is 15.2 Å². The first-order valence-corrected chi connectivity index (χ1v) is 7.37. The van der Waals surface area contributed by atoms with Gasteiger partial charge in [0.25, 0.3) is 0 Å². The number of ether oxygens (including phenoxy) is 1. The van der Waals surface area contributed by atoms with E-state index >= 15 is 0 Å². The highest BCUT2D eigenvalue weighted by molar-refractivity contribution is 5.80. The highest BCUT2D eigenvalue weighted by Gasteiger charge is 2.32. The van der Waals surface area contributed by atoms with Gasteiger partial charge in [-0.15, -0.1) is 0 Å². The van der Waals surface area contributed by atoms with Crippen LogP contribution in [0.25, 0.3) is 0 Å². The number of hydrogen-bond donors (Lipinski definition) is 2. The van der Waals surface area contributed by atoms with Gasteiger partial charge in [0.1, 0.15) is 12.1 Å². The van der Waals surface area contributed by atoms with Crippen LogP contribution in [-0.2, 0) is 9.53 Å². The van der Waals surface area contributed by atoms with Crippen LogP contribution in [0.5, 0.6) is 0 Å². The Bertz CT molecular complexity index is 319. The number of carboxylic acids is 1. The van der Waals surface area contributed by atoms with Crippen molar-refractivity contribution in [3.05, 3.63) is 0 Å². The highest BCUT2D eigenvalue weighted by Crippen LogP contribution is 2.27. The van der Waals surface area contributed by atoms with Gasteiger partial charge in [0.05, 0.1) is 0 Å². The molecule has 1 atom stereocenters. The van der Waals surface area contributed by atoms with E-state index in [0.717, 1.165) is 57.8 Å². The quantitative estimate of drug-likeness (QED) is 0.822. The van der Waals surface area contributed by atoms with E-state index in [9.17, 15) is 14.7 Å². The molecule has 2 rings (SSSR count). The molecule has 0 aromatic rings. The molecule has 1 amide bonds. The number of nitrogens with one attached hydrogen (secondary N) is 1. The van der Waals surface area contributed by atoms with Crippen LogP contribution in [0, 0.1) is 5.92 Å². The van der Waals surface area contributed by atoms with Crippen LogP contribution >= 0.6 is 0 Å². The fourth-order valence-corrected chi connectivity index (χ4v) is 3.17. The second-order valence-corrected chi connectivity index (χ2v) is 5.67. The summed E-state index contributed by atoms with van der Waals surface area (Å²) in [6, 6.07) is -0.797. The molecule has 0 saturated heterocycles. The third kappa shape index (κ3) is 4.11. The predicted octanol–water partition coefficient (Wildman–Crippen LogP) is 2.69. The second kappa shape index (κ2) is 6.78. The first-order chi connectivity index (χ1) is 9.16. The van der Waals surface area contributed by atoms with E-state index in [1.165, 1.54) is 0 Å². The highest BCUT2D eigenvalue weighted by atomic mass is 16.6. The van der Waals surface area contributed by atoms with Gasteiger partial charge in [0, 0.05) is 0 Å². The third-order valence-electron chi connectivity index (χ3n) is 4.24. The fourth-order valence-electron chi connectivity index (χ4n) is 3.17. The number of alkyl carbamates (subject to hydrolysis) is 1. The molecule has 2 aliphatic rings. The number of hydrogen-bond acceptors (Lipinski definition) is 3. The average Bonchev–Trinajstić information content (AvgIpc) is 2.89. The zero-order valence-electron chi connectivity index (χ0n) is 11.3. The van der Waals surface area contributed by atoms with Crippen LogP contribution < -0.4 is 5.32 Å². The summed E-state index contributed by atoms with van der Waals surface area (Å²) in [6.07, 6.45) is 8.39. The average molecular weight is 269 g/mol. The topological polar surface area (TPSA) is 75.6 Å². The minimum Gasteiger partial charge on any atom is -0.480 e. The van der Waals surface area contributed by atoms with Crippen LogP contribution in [0.3, 0.4) is 0 Å². The van der Waals surface area contributed by atoms with Crippen LogP contribution in [0.15, 0.2) is 0 Å². The monoisotopic (exact) mass is 269 g/mol. The van der Waals surface area contributed by atoms with Crippen molar-refractivity contribution >= 4 is 12.1 Å². The summed E-state index contributed by atoms with van der Waals surface area (Å²) in [5.41, 5.74) is 0. The van der Waals surface area contributed by atoms with Crippen molar-refractivity contribution in [2.45, 2.75) is 69.9 Å². The Kier molecular flexibility index (Phi) is 5.05. The van der Waals surface area contributed by atoms with Gasteiger partial charge in [0.2, 0.25) is 0 Å². The molecule has 2 aliphatic carbocycles. The van der Waals surface area contributed by atoms with E-state index in [-0.39, 0.29) is 12.0 Å². The Morgan fingerprint density at radius 3 is 2.16 bits per heavy atom. The molecule has 0 bridgehead atoms. The Labute approximate surface area is 113 Å². The lowest BCUT2D eigenvalue weighted by Gasteiger charge is -2.28. The maximum atomic E-state index is 11.8. The smallest absolute Gasteiger partial charge is 0.408 e. The van der Waals surface area contributed by atoms with Gasteiger partial charge in [-0.2, -0.15) is 0 Å². The van der Waals surface area contributed by atoms with E-state index in [2.05, 4.69) is 5.32 Å². The minimum atomic E-state index is -0.949. The largest absolute Gasteiger partial charge is 0.480 e. The zero-order chi connectivity index (χ0) is 13.7. The molecule has 0 aromatic heterocycles. The molecule has 19 heavy (non-hydrogen) atoms. The summed E-state index contributed by atoms with van der Waals surface area (Å²) >= 11 is 0. The van der Waals surface area contributed by atoms with E-state index < -0.39 is 18.1 Å². The van der Waals surface area contributed by atoms with E-state index in [0.29, 0.717) is 0 Å². The van der Waals surface area contributed by atoms with Gasteiger partial charge in [-0.3, -0.25) is 0 Å². The van der Waals surface area contributed by atoms with Gasteiger partial charge in [-0.25, -0.2) is 9.59 Å². The molecule has 0 heterocycles. The summed E-state index contributed by atoms with van der Waals surface area (Å²) in [7, 11) is 0. The summed E-state index contributed by atoms with van der Waals surface area (Å²) in [6.45, 7) is 0. The maximum Gasteiger partial charge on any atom is 0.408 e. The SMILES string of the molecule is O=C(NC(C(=O)O)C1CCCCC1)OC1CCCC1. The molecule has 0 radical (unpaired) electrons. The van der Waals surface area contributed by atoms with Gasteiger partial charge >= 0.3 is 12.1 Å². The molecule has 5 nitrogen and oxygen atoms in total. The van der Waals surface area contributed by atoms with Crippen LogP contribution in [-0.4, -0.2) is 29.3 Å². The van der Waals surface area contributed by atoms with Crippen molar-refractivity contribution < 1.29 is 19.4 Å². The summed E-state index contributed by atoms with van der Waals surface area (Å²) < 4.78 is 5.27. The lowest BCUT2D eigenvalue weighted by atomic mass is 9.84. The predicted molar refractivity (Wildman–Crippen MR) is 69.9 cm³/mol. The Hall–Kier alpha value is -1.26. The molecule has 0 aliphatic heterocycles. The first kappa shape index (κ1) is 14.2. The van der Waals surface area contributed by atoms with Crippen LogP contribution in [0.2, 0.25) is 0 Å². The molecule has 2 saturated carbocycles. The molecule has 0 spiro atoms. The van der Waals surface area contributed by atoms with Crippen LogP contribution in [0.4, 0.5) is 4.79 Å². The number of carbonyl (C=O) groups is 2. The number of aliphatic carboxylic acids is 1. The molecule has 0 aromatic carbocycles. The number of carbonyl (C=O) groups excluding carboxylic acids is 1. The van der Waals surface area contributed by atoms with Gasteiger partial charge in [-0.1, -0.05) is 19.3 Å². The lowest BCUT2D eigenvalue weighted by molar-refractivity contribution is -0.141. The summed E-state index contributed by atoms with van der Waals surface area (Å²) in [5.74, 6) is -0.905. The van der Waals surface area contributed by atoms with Crippen molar-refractivity contribution in [1.29, 1.82) is 0 Å². The number of carboxylic acid groups (broad SMARTS) is 1. The summed E-state index contributed by atoms with van der Waals surface area (Å²) in [4.78, 5) is 23.1. The zero-order valence-corrected chi connectivity index (χ0v) is 11.3. The third-order valence-corrected chi connectivity index (χ3v) is 4.24. The normalized spacial score (nSPS) is 22.9. The molecule has 5 heteroatoms. The van der Waals surface area contributed by atoms with Crippen molar-refractivity contribution in [3.8, 4) is 0 Å². The van der Waals surface area contributed by atoms with Crippen molar-refractivity contribution in [3.63, 3.8) is 0 Å². The Balaban J connectivity index is 1.84. The number of amides is 1. The van der Waals surface area contributed by atoms with Crippen molar-refractivity contribution in [2.75, 3.05) is 0 Å². The van der Waals surface area contributed by atoms with E-state index in [1.54, 1.807) is 0 Å². The van der Waals surface area contributed by atoms with E-state index in [1.807, 2.05) is 0 Å². The van der Waals surface area contributed by atoms with E-state index in [4.69, 9.17) is 4.74 Å². The fraction of sp³-hybridized carbons (Fsp3) is 0.857. The Morgan fingerprint density at radius 1 is 1.00 bits per heavy atom. The van der Waals surface area contributed by atoms with Crippen molar-refractivity contribution in [2.24, 2.45) is 5.92 Å². The molecule has 2 N–H and O–H groups in total.